The number of carboxylic acid groups (broad SMARTS) is 1. The lowest BCUT2D eigenvalue weighted by atomic mass is 10.0. The number of carbonyl (C=O) groups excluding carboxylic acids is 2. The summed E-state index contributed by atoms with van der Waals surface area (Å²) in [6, 6.07) is 12.9. The fourth-order valence-corrected chi connectivity index (χ4v) is 2.85. The van der Waals surface area contributed by atoms with Crippen LogP contribution in [0.5, 0.6) is 5.75 Å². The topological polar surface area (TPSA) is 125 Å². The van der Waals surface area contributed by atoms with E-state index in [9.17, 15) is 24.6 Å². The van der Waals surface area contributed by atoms with E-state index in [-0.39, 0.29) is 18.6 Å². The van der Waals surface area contributed by atoms with Gasteiger partial charge in [0.25, 0.3) is 0 Å². The number of hydrogen-bond acceptors (Lipinski definition) is 5. The highest BCUT2D eigenvalue weighted by atomic mass is 16.6. The van der Waals surface area contributed by atoms with Gasteiger partial charge in [-0.2, -0.15) is 0 Å². The third-order valence-corrected chi connectivity index (χ3v) is 4.28. The maximum atomic E-state index is 12.9. The van der Waals surface area contributed by atoms with E-state index in [2.05, 4.69) is 10.6 Å². The van der Waals surface area contributed by atoms with E-state index in [0.717, 1.165) is 5.56 Å². The molecule has 2 aromatic rings. The van der Waals surface area contributed by atoms with Crippen LogP contribution in [-0.4, -0.2) is 45.9 Å². The first-order valence-electron chi connectivity index (χ1n) is 9.88. The first-order chi connectivity index (χ1) is 14.5. The van der Waals surface area contributed by atoms with Crippen LogP contribution in [-0.2, 0) is 27.2 Å². The van der Waals surface area contributed by atoms with Crippen LogP contribution in [0, 0.1) is 0 Å². The first-order valence-corrected chi connectivity index (χ1v) is 9.88. The van der Waals surface area contributed by atoms with Crippen LogP contribution in [0.15, 0.2) is 54.6 Å². The minimum atomic E-state index is -1.21. The molecule has 0 heterocycles. The molecule has 31 heavy (non-hydrogen) atoms. The molecule has 2 aromatic carbocycles. The molecule has 0 saturated heterocycles. The number of carboxylic acids is 1. The summed E-state index contributed by atoms with van der Waals surface area (Å²) < 4.78 is 5.25. The van der Waals surface area contributed by atoms with Crippen molar-refractivity contribution in [3.8, 4) is 5.75 Å². The predicted molar refractivity (Wildman–Crippen MR) is 115 cm³/mol. The molecular formula is C23H28N2O6. The van der Waals surface area contributed by atoms with Gasteiger partial charge in [-0.1, -0.05) is 42.5 Å². The van der Waals surface area contributed by atoms with Gasteiger partial charge in [0.15, 0.2) is 0 Å². The molecule has 166 valence electrons. The monoisotopic (exact) mass is 428 g/mol. The molecule has 0 aromatic heterocycles. The van der Waals surface area contributed by atoms with Crippen LogP contribution in [0.2, 0.25) is 0 Å². The van der Waals surface area contributed by atoms with Crippen molar-refractivity contribution in [1.29, 1.82) is 0 Å². The Balaban J connectivity index is 2.15. The van der Waals surface area contributed by atoms with Gasteiger partial charge in [-0.05, 0) is 44.0 Å². The normalized spacial score (nSPS) is 13.0. The van der Waals surface area contributed by atoms with Crippen LogP contribution in [0.25, 0.3) is 0 Å². The lowest BCUT2D eigenvalue weighted by Crippen LogP contribution is -2.53. The van der Waals surface area contributed by atoms with Crippen molar-refractivity contribution < 1.29 is 29.3 Å². The van der Waals surface area contributed by atoms with Gasteiger partial charge in [-0.15, -0.1) is 0 Å². The van der Waals surface area contributed by atoms with Gasteiger partial charge in [0.1, 0.15) is 23.4 Å². The summed E-state index contributed by atoms with van der Waals surface area (Å²) in [6.45, 7) is 5.12. The van der Waals surface area contributed by atoms with Crippen LogP contribution in [0.1, 0.15) is 31.9 Å². The molecule has 8 heteroatoms. The average molecular weight is 428 g/mol. The van der Waals surface area contributed by atoms with Gasteiger partial charge >= 0.3 is 12.1 Å². The molecule has 8 nitrogen and oxygen atoms in total. The fourth-order valence-electron chi connectivity index (χ4n) is 2.85. The number of phenols is 1. The van der Waals surface area contributed by atoms with Crippen molar-refractivity contribution in [2.45, 2.75) is 51.3 Å². The van der Waals surface area contributed by atoms with E-state index >= 15 is 0 Å². The Hall–Kier alpha value is -3.55. The molecule has 2 atom stereocenters. The van der Waals surface area contributed by atoms with Gasteiger partial charge in [-0.3, -0.25) is 4.79 Å². The van der Waals surface area contributed by atoms with Gasteiger partial charge < -0.3 is 25.6 Å². The second kappa shape index (κ2) is 10.5. The van der Waals surface area contributed by atoms with Crippen LogP contribution in [0.3, 0.4) is 0 Å². The first kappa shape index (κ1) is 23.7. The molecule has 0 saturated carbocycles. The van der Waals surface area contributed by atoms with Gasteiger partial charge in [0.05, 0.1) is 0 Å². The second-order valence-corrected chi connectivity index (χ2v) is 8.16. The predicted octanol–water partition coefficient (Wildman–Crippen LogP) is 2.64. The van der Waals surface area contributed by atoms with E-state index < -0.39 is 35.7 Å². The van der Waals surface area contributed by atoms with Crippen molar-refractivity contribution >= 4 is 18.0 Å². The smallest absolute Gasteiger partial charge is 0.408 e. The Kier molecular flexibility index (Phi) is 8.01. The van der Waals surface area contributed by atoms with Crippen molar-refractivity contribution in [2.75, 3.05) is 0 Å². The van der Waals surface area contributed by atoms with E-state index in [1.165, 1.54) is 12.1 Å². The number of alkyl carbamates (subject to hydrolysis) is 1. The number of aromatic hydroxyl groups is 1. The van der Waals surface area contributed by atoms with Crippen molar-refractivity contribution in [3.63, 3.8) is 0 Å². The van der Waals surface area contributed by atoms with Gasteiger partial charge in [0.2, 0.25) is 5.91 Å². The van der Waals surface area contributed by atoms with Gasteiger partial charge in [0, 0.05) is 12.8 Å². The highest BCUT2D eigenvalue weighted by Crippen LogP contribution is 2.12. The standard InChI is InChI=1S/C23H28N2O6/c1-23(2,3)31-22(30)25-18(13-15-7-5-4-6-8-15)20(27)24-19(21(28)29)14-16-9-11-17(26)12-10-16/h4-12,18-19,26H,13-14H2,1-3H3,(H,24,27)(H,25,30)(H,28,29)/t18-,19-/m1/s1. The number of ether oxygens (including phenoxy) is 1. The van der Waals surface area contributed by atoms with Gasteiger partial charge in [-0.25, -0.2) is 9.59 Å². The number of carbonyl (C=O) groups is 3. The second-order valence-electron chi connectivity index (χ2n) is 8.16. The quantitative estimate of drug-likeness (QED) is 0.512. The number of hydrogen-bond donors (Lipinski definition) is 4. The number of amides is 2. The zero-order valence-corrected chi connectivity index (χ0v) is 17.8. The summed E-state index contributed by atoms with van der Waals surface area (Å²) in [5, 5.41) is 24.0. The number of rotatable bonds is 8. The summed E-state index contributed by atoms with van der Waals surface area (Å²) in [7, 11) is 0. The van der Waals surface area contributed by atoms with Crippen molar-refractivity contribution in [3.05, 3.63) is 65.7 Å². The lowest BCUT2D eigenvalue weighted by Gasteiger charge is -2.24. The zero-order valence-electron chi connectivity index (χ0n) is 17.8. The molecule has 2 rings (SSSR count). The molecule has 0 bridgehead atoms. The Labute approximate surface area is 181 Å². The van der Waals surface area contributed by atoms with E-state index in [1.807, 2.05) is 30.3 Å². The minimum absolute atomic E-state index is 0.0197. The number of phenolic OH excluding ortho intramolecular Hbond substituents is 1. The summed E-state index contributed by atoms with van der Waals surface area (Å²) in [4.78, 5) is 36.9. The van der Waals surface area contributed by atoms with E-state index in [1.54, 1.807) is 32.9 Å². The van der Waals surface area contributed by atoms with Crippen molar-refractivity contribution in [1.82, 2.24) is 10.6 Å². The molecule has 0 aliphatic heterocycles. The van der Waals surface area contributed by atoms with E-state index in [0.29, 0.717) is 5.56 Å². The Morgan fingerprint density at radius 2 is 1.42 bits per heavy atom. The maximum absolute atomic E-state index is 12.9. The summed E-state index contributed by atoms with van der Waals surface area (Å²) in [5.41, 5.74) is 0.676. The van der Waals surface area contributed by atoms with Crippen LogP contribution in [0.4, 0.5) is 4.79 Å². The Bertz CT molecular complexity index is 891. The fraction of sp³-hybridized carbons (Fsp3) is 0.348. The molecule has 0 fully saturated rings. The highest BCUT2D eigenvalue weighted by Gasteiger charge is 2.28. The van der Waals surface area contributed by atoms with Crippen LogP contribution < -0.4 is 10.6 Å². The molecule has 0 radical (unpaired) electrons. The molecular weight excluding hydrogens is 400 g/mol. The molecule has 0 spiro atoms. The molecule has 0 aliphatic carbocycles. The minimum Gasteiger partial charge on any atom is -0.508 e. The Morgan fingerprint density at radius 1 is 0.871 bits per heavy atom. The Morgan fingerprint density at radius 3 is 1.97 bits per heavy atom. The van der Waals surface area contributed by atoms with E-state index in [4.69, 9.17) is 4.74 Å². The molecule has 0 unspecified atom stereocenters. The summed E-state index contributed by atoms with van der Waals surface area (Å²) in [5.74, 6) is -1.79. The molecule has 2 amide bonds. The van der Waals surface area contributed by atoms with Crippen molar-refractivity contribution in [2.24, 2.45) is 0 Å². The third kappa shape index (κ3) is 8.38. The summed E-state index contributed by atoms with van der Waals surface area (Å²) >= 11 is 0. The maximum Gasteiger partial charge on any atom is 0.408 e. The highest BCUT2D eigenvalue weighted by molar-refractivity contribution is 5.89. The molecule has 4 N–H and O–H groups in total. The third-order valence-electron chi connectivity index (χ3n) is 4.28. The summed E-state index contributed by atoms with van der Waals surface area (Å²) in [6.07, 6.45) is -0.586. The van der Waals surface area contributed by atoms with Crippen LogP contribution >= 0.6 is 0 Å². The number of nitrogens with one attached hydrogen (secondary N) is 2. The molecule has 0 aliphatic rings. The number of benzene rings is 2. The largest absolute Gasteiger partial charge is 0.508 e. The average Bonchev–Trinajstić information content (AvgIpc) is 2.67. The zero-order chi connectivity index (χ0) is 23.0. The number of aliphatic carboxylic acids is 1. The lowest BCUT2D eigenvalue weighted by molar-refractivity contribution is -0.142. The SMILES string of the molecule is CC(C)(C)OC(=O)N[C@H](Cc1ccccc1)C(=O)N[C@H](Cc1ccc(O)cc1)C(=O)O.